The fraction of sp³-hybridized carbons (Fsp3) is 0.600. The zero-order chi connectivity index (χ0) is 24.5. The maximum atomic E-state index is 13.0. The van der Waals surface area contributed by atoms with Crippen LogP contribution in [0.15, 0.2) is 22.5 Å². The number of benzene rings is 1. The van der Waals surface area contributed by atoms with Crippen LogP contribution in [0.3, 0.4) is 0 Å². The van der Waals surface area contributed by atoms with Gasteiger partial charge in [-0.05, 0) is 93.2 Å². The number of carbonyl (C=O) groups is 1. The van der Waals surface area contributed by atoms with Crippen molar-refractivity contribution in [3.8, 4) is 0 Å². The van der Waals surface area contributed by atoms with E-state index in [1.54, 1.807) is 6.08 Å². The molecular weight excluding hydrogens is 450 g/mol. The van der Waals surface area contributed by atoms with E-state index < -0.39 is 15.6 Å². The quantitative estimate of drug-likeness (QED) is 0.420. The summed E-state index contributed by atoms with van der Waals surface area (Å²) < 4.78 is 27.5. The summed E-state index contributed by atoms with van der Waals surface area (Å²) in [5.41, 5.74) is 5.33. The van der Waals surface area contributed by atoms with Gasteiger partial charge >= 0.3 is 0 Å². The van der Waals surface area contributed by atoms with Crippen molar-refractivity contribution in [2.24, 2.45) is 22.7 Å². The number of aryl methyl sites for hydroxylation is 2. The standard InChI is InChI=1S/C25H37N5O3S/c1-4-19-5-7-20(8-6-19)23-27-24(31)25(28-23)10-12-30(13-11-25)34(32,33)14-9-22-17(2)15-21(29-26)16-18(22)3/h9,14-16,19-20,29H,4-8,10-13,26H2,1-3H3,(H,27,28,31)/b14-9+. The number of aliphatic imine (C=N–C) groups is 1. The Kier molecular flexibility index (Phi) is 7.17. The van der Waals surface area contributed by atoms with E-state index in [4.69, 9.17) is 10.8 Å². The van der Waals surface area contributed by atoms with Gasteiger partial charge in [0, 0.05) is 30.1 Å². The molecule has 8 nitrogen and oxygen atoms in total. The fourth-order valence-corrected chi connectivity index (χ4v) is 6.76. The van der Waals surface area contributed by atoms with Crippen LogP contribution in [0.5, 0.6) is 0 Å². The molecular formula is C25H37N5O3S. The van der Waals surface area contributed by atoms with Gasteiger partial charge in [-0.25, -0.2) is 8.42 Å². The molecule has 2 aliphatic heterocycles. The molecule has 0 unspecified atom stereocenters. The molecule has 3 aliphatic rings. The SMILES string of the molecule is CCC1CCC(C2=NC3(CCN(S(=O)(=O)/C=C/c4c(C)cc(NN)cc4C)CC3)C(=O)N2)CC1. The van der Waals surface area contributed by atoms with Crippen molar-refractivity contribution >= 4 is 33.5 Å². The lowest BCUT2D eigenvalue weighted by molar-refractivity contribution is -0.125. The summed E-state index contributed by atoms with van der Waals surface area (Å²) in [6.45, 7) is 6.66. The Morgan fingerprint density at radius 1 is 1.18 bits per heavy atom. The minimum absolute atomic E-state index is 0.0624. The number of rotatable bonds is 6. The largest absolute Gasteiger partial charge is 0.324 e. The van der Waals surface area contributed by atoms with Crippen LogP contribution in [0, 0.1) is 25.7 Å². The Bertz CT molecular complexity index is 1070. The molecule has 4 rings (SSSR count). The Balaban J connectivity index is 1.42. The third-order valence-corrected chi connectivity index (χ3v) is 9.45. The Morgan fingerprint density at radius 2 is 1.79 bits per heavy atom. The monoisotopic (exact) mass is 487 g/mol. The number of piperidine rings is 1. The molecule has 1 amide bonds. The molecule has 9 heteroatoms. The highest BCUT2D eigenvalue weighted by atomic mass is 32.2. The molecule has 1 spiro atoms. The molecule has 4 N–H and O–H groups in total. The van der Waals surface area contributed by atoms with Gasteiger partial charge in [-0.15, -0.1) is 0 Å². The van der Waals surface area contributed by atoms with Crippen molar-refractivity contribution in [2.45, 2.75) is 71.3 Å². The maximum Gasteiger partial charge on any atom is 0.253 e. The van der Waals surface area contributed by atoms with E-state index in [0.29, 0.717) is 18.8 Å². The van der Waals surface area contributed by atoms with Gasteiger partial charge in [0.2, 0.25) is 10.0 Å². The number of nitrogens with one attached hydrogen (secondary N) is 2. The van der Waals surface area contributed by atoms with Crippen molar-refractivity contribution in [1.82, 2.24) is 9.62 Å². The highest BCUT2D eigenvalue weighted by Gasteiger charge is 2.48. The normalized spacial score (nSPS) is 25.5. The smallest absolute Gasteiger partial charge is 0.253 e. The zero-order valence-corrected chi connectivity index (χ0v) is 21.2. The Morgan fingerprint density at radius 3 is 2.35 bits per heavy atom. The topological polar surface area (TPSA) is 117 Å². The molecule has 1 aliphatic carbocycles. The van der Waals surface area contributed by atoms with E-state index in [-0.39, 0.29) is 19.0 Å². The highest BCUT2D eigenvalue weighted by Crippen LogP contribution is 2.36. The summed E-state index contributed by atoms with van der Waals surface area (Å²) in [5, 5.41) is 4.32. The number of nitrogens with zero attached hydrogens (tertiary/aromatic N) is 2. The number of hydrogen-bond donors (Lipinski definition) is 3. The number of anilines is 1. The molecule has 34 heavy (non-hydrogen) atoms. The van der Waals surface area contributed by atoms with Crippen LogP contribution >= 0.6 is 0 Å². The van der Waals surface area contributed by atoms with Crippen LogP contribution in [0.4, 0.5) is 5.69 Å². The molecule has 186 valence electrons. The zero-order valence-electron chi connectivity index (χ0n) is 20.4. The lowest BCUT2D eigenvalue weighted by Gasteiger charge is -2.34. The molecule has 0 atom stereocenters. The van der Waals surface area contributed by atoms with Crippen molar-refractivity contribution in [1.29, 1.82) is 0 Å². The Hall–Kier alpha value is -2.23. The van der Waals surface area contributed by atoms with Gasteiger partial charge in [0.25, 0.3) is 5.91 Å². The number of sulfonamides is 1. The first-order valence-corrected chi connectivity index (χ1v) is 13.8. The molecule has 2 heterocycles. The molecule has 0 aromatic heterocycles. The Labute approximate surface area is 203 Å². The van der Waals surface area contributed by atoms with E-state index in [1.807, 2.05) is 26.0 Å². The van der Waals surface area contributed by atoms with Gasteiger partial charge in [0.15, 0.2) is 0 Å². The minimum atomic E-state index is -3.61. The van der Waals surface area contributed by atoms with E-state index in [9.17, 15) is 13.2 Å². The van der Waals surface area contributed by atoms with Crippen LogP contribution < -0.4 is 16.6 Å². The highest BCUT2D eigenvalue weighted by molar-refractivity contribution is 7.92. The summed E-state index contributed by atoms with van der Waals surface area (Å²) in [6.07, 6.45) is 8.20. The number of nitrogen functional groups attached to an aromatic ring is 1. The fourth-order valence-electron chi connectivity index (χ4n) is 5.59. The van der Waals surface area contributed by atoms with Gasteiger partial charge in [0.05, 0.1) is 0 Å². The van der Waals surface area contributed by atoms with Crippen molar-refractivity contribution < 1.29 is 13.2 Å². The molecule has 1 saturated heterocycles. The number of amidine groups is 1. The third-order valence-electron chi connectivity index (χ3n) is 7.89. The molecule has 1 aromatic carbocycles. The van der Waals surface area contributed by atoms with Crippen LogP contribution in [0.25, 0.3) is 6.08 Å². The third kappa shape index (κ3) is 4.92. The molecule has 0 bridgehead atoms. The van der Waals surface area contributed by atoms with Gasteiger partial charge in [-0.2, -0.15) is 4.31 Å². The summed E-state index contributed by atoms with van der Waals surface area (Å²) in [6, 6.07) is 3.76. The predicted molar refractivity (Wildman–Crippen MR) is 137 cm³/mol. The lowest BCUT2D eigenvalue weighted by atomic mass is 9.80. The average molecular weight is 488 g/mol. The summed E-state index contributed by atoms with van der Waals surface area (Å²) >= 11 is 0. The van der Waals surface area contributed by atoms with Crippen molar-refractivity contribution in [2.75, 3.05) is 18.5 Å². The van der Waals surface area contributed by atoms with Crippen molar-refractivity contribution in [3.05, 3.63) is 34.2 Å². The lowest BCUT2D eigenvalue weighted by Crippen LogP contribution is -2.50. The van der Waals surface area contributed by atoms with Crippen molar-refractivity contribution in [3.63, 3.8) is 0 Å². The van der Waals surface area contributed by atoms with Gasteiger partial charge < -0.3 is 10.7 Å². The average Bonchev–Trinajstić information content (AvgIpc) is 3.14. The number of nitrogens with two attached hydrogens (primary N) is 1. The van der Waals surface area contributed by atoms with E-state index in [1.165, 1.54) is 29.0 Å². The summed E-state index contributed by atoms with van der Waals surface area (Å²) in [7, 11) is -3.61. The van der Waals surface area contributed by atoms with Crippen LogP contribution in [0.1, 0.15) is 68.6 Å². The van der Waals surface area contributed by atoms with Crippen LogP contribution in [-0.2, 0) is 14.8 Å². The van der Waals surface area contributed by atoms with E-state index in [2.05, 4.69) is 17.7 Å². The van der Waals surface area contributed by atoms with E-state index in [0.717, 1.165) is 47.0 Å². The number of carbonyl (C=O) groups excluding carboxylic acids is 1. The summed E-state index contributed by atoms with van der Waals surface area (Å²) in [4.78, 5) is 17.8. The maximum absolute atomic E-state index is 13.0. The van der Waals surface area contributed by atoms with Gasteiger partial charge in [0.1, 0.15) is 11.4 Å². The van der Waals surface area contributed by atoms with Gasteiger partial charge in [-0.1, -0.05) is 13.3 Å². The van der Waals surface area contributed by atoms with Crippen LogP contribution in [0.2, 0.25) is 0 Å². The molecule has 1 aromatic rings. The minimum Gasteiger partial charge on any atom is -0.324 e. The number of hydrazine groups is 1. The first-order chi connectivity index (χ1) is 16.2. The number of amides is 1. The summed E-state index contributed by atoms with van der Waals surface area (Å²) in [5.74, 6) is 7.37. The first-order valence-electron chi connectivity index (χ1n) is 12.3. The molecule has 0 radical (unpaired) electrons. The molecule has 2 fully saturated rings. The number of hydrogen-bond acceptors (Lipinski definition) is 6. The van der Waals surface area contributed by atoms with E-state index >= 15 is 0 Å². The second-order valence-electron chi connectivity index (χ2n) is 10.0. The second-order valence-corrected chi connectivity index (χ2v) is 11.8. The van der Waals surface area contributed by atoms with Crippen LogP contribution in [-0.4, -0.2) is 43.1 Å². The second kappa shape index (κ2) is 9.79. The van der Waals surface area contributed by atoms with Gasteiger partial charge in [-0.3, -0.25) is 15.6 Å². The first kappa shape index (κ1) is 24.9. The predicted octanol–water partition coefficient (Wildman–Crippen LogP) is 3.47. The molecule has 1 saturated carbocycles.